The molecule has 0 radical (unpaired) electrons. The summed E-state index contributed by atoms with van der Waals surface area (Å²) in [5.74, 6) is 1.20. The minimum absolute atomic E-state index is 0. The molecule has 2 nitrogen and oxygen atoms in total. The van der Waals surface area contributed by atoms with Crippen LogP contribution in [0, 0.1) is 0 Å². The zero-order chi connectivity index (χ0) is 19.7. The Balaban J connectivity index is 0.00000729. The van der Waals surface area contributed by atoms with Crippen LogP contribution in [-0.4, -0.2) is 23.3 Å². The smallest absolute Gasteiger partial charge is 0.102 e. The largest absolute Gasteiger partial charge is 0.354 e. The highest BCUT2D eigenvalue weighted by Crippen LogP contribution is 2.16. The van der Waals surface area contributed by atoms with Crippen LogP contribution >= 0.6 is 24.0 Å². The van der Waals surface area contributed by atoms with Crippen LogP contribution in [0.4, 0.5) is 0 Å². The summed E-state index contributed by atoms with van der Waals surface area (Å²) < 4.78 is 0. The lowest BCUT2D eigenvalue weighted by Crippen LogP contribution is -2.38. The summed E-state index contributed by atoms with van der Waals surface area (Å²) in [4.78, 5) is 7.07. The summed E-state index contributed by atoms with van der Waals surface area (Å²) in [6, 6.07) is 0.513. The fourth-order valence-corrected chi connectivity index (χ4v) is 4.29. The number of rotatable bonds is 17. The van der Waals surface area contributed by atoms with E-state index in [0.717, 1.165) is 0 Å². The van der Waals surface area contributed by atoms with Crippen LogP contribution in [-0.2, 0) is 0 Å². The van der Waals surface area contributed by atoms with Gasteiger partial charge in [-0.2, -0.15) is 0 Å². The van der Waals surface area contributed by atoms with Gasteiger partial charge in [-0.15, -0.1) is 24.0 Å². The molecule has 0 bridgehead atoms. The van der Waals surface area contributed by atoms with Gasteiger partial charge in [0.15, 0.2) is 0 Å². The van der Waals surface area contributed by atoms with Crippen LogP contribution < -0.4 is 0 Å². The van der Waals surface area contributed by atoms with Crippen molar-refractivity contribution in [1.29, 1.82) is 0 Å². The first-order valence-corrected chi connectivity index (χ1v) is 12.2. The first-order valence-electron chi connectivity index (χ1n) is 12.2. The molecule has 28 heavy (non-hydrogen) atoms. The standard InChI is InChI=1S/C25H48N2.HI/c1-5-6-7-8-9-10-11-12-13-14-15-16-17-18-19-20-21-27-24(3)22-23(2)26-25(27)4;/h22,24H,5-21H2,1-4H3;1H. The molecule has 166 valence electrons. The number of allylic oxidation sites excluding steroid dienone is 1. The second kappa shape index (κ2) is 18.9. The van der Waals surface area contributed by atoms with E-state index in [0.29, 0.717) is 6.04 Å². The predicted molar refractivity (Wildman–Crippen MR) is 138 cm³/mol. The van der Waals surface area contributed by atoms with Gasteiger partial charge >= 0.3 is 0 Å². The van der Waals surface area contributed by atoms with Crippen molar-refractivity contribution in [3.63, 3.8) is 0 Å². The van der Waals surface area contributed by atoms with Crippen molar-refractivity contribution in [2.75, 3.05) is 6.54 Å². The van der Waals surface area contributed by atoms with Gasteiger partial charge in [-0.1, -0.05) is 103 Å². The van der Waals surface area contributed by atoms with Gasteiger partial charge in [0.2, 0.25) is 0 Å². The molecule has 0 aromatic heterocycles. The number of unbranched alkanes of at least 4 members (excludes halogenated alkanes) is 15. The average Bonchev–Trinajstić information content (AvgIpc) is 2.63. The minimum atomic E-state index is 0. The molecule has 3 heteroatoms. The van der Waals surface area contributed by atoms with Gasteiger partial charge in [0, 0.05) is 18.3 Å². The third kappa shape index (κ3) is 14.0. The topological polar surface area (TPSA) is 15.6 Å². The average molecular weight is 505 g/mol. The van der Waals surface area contributed by atoms with Crippen molar-refractivity contribution < 1.29 is 0 Å². The van der Waals surface area contributed by atoms with Crippen LogP contribution in [0.1, 0.15) is 130 Å². The molecular formula is C25H49IN2. The molecular weight excluding hydrogens is 455 g/mol. The highest BCUT2D eigenvalue weighted by Gasteiger charge is 2.16. The van der Waals surface area contributed by atoms with Crippen molar-refractivity contribution in [2.24, 2.45) is 4.99 Å². The van der Waals surface area contributed by atoms with Crippen molar-refractivity contribution >= 4 is 29.8 Å². The fourth-order valence-electron chi connectivity index (χ4n) is 4.29. The highest BCUT2D eigenvalue weighted by molar-refractivity contribution is 14.0. The molecule has 0 aromatic rings. The number of aliphatic imine (C=N–C) groups is 1. The second-order valence-corrected chi connectivity index (χ2v) is 8.70. The summed E-state index contributed by atoms with van der Waals surface area (Å²) in [5.41, 5.74) is 1.17. The maximum atomic E-state index is 4.61. The minimum Gasteiger partial charge on any atom is -0.354 e. The van der Waals surface area contributed by atoms with E-state index in [1.807, 2.05) is 0 Å². The molecule has 1 atom stereocenters. The quantitative estimate of drug-likeness (QED) is 0.143. The van der Waals surface area contributed by atoms with E-state index < -0.39 is 0 Å². The summed E-state index contributed by atoms with van der Waals surface area (Å²) >= 11 is 0. The Morgan fingerprint density at radius 3 is 1.50 bits per heavy atom. The summed E-state index contributed by atoms with van der Waals surface area (Å²) in [6.45, 7) is 10.0. The second-order valence-electron chi connectivity index (χ2n) is 8.70. The number of amidine groups is 1. The Hall–Kier alpha value is -0.0600. The van der Waals surface area contributed by atoms with Gasteiger partial charge in [-0.25, -0.2) is 4.99 Å². The van der Waals surface area contributed by atoms with E-state index in [9.17, 15) is 0 Å². The SMILES string of the molecule is CCCCCCCCCCCCCCCCCCN1C(C)=NC(C)=CC1C.I. The Labute approximate surface area is 194 Å². The van der Waals surface area contributed by atoms with E-state index in [2.05, 4.69) is 43.7 Å². The van der Waals surface area contributed by atoms with E-state index in [1.165, 1.54) is 121 Å². The lowest BCUT2D eigenvalue weighted by molar-refractivity contribution is 0.354. The van der Waals surface area contributed by atoms with Crippen molar-refractivity contribution in [1.82, 2.24) is 4.90 Å². The molecule has 1 rings (SSSR count). The normalized spacial score (nSPS) is 16.6. The number of nitrogens with zero attached hydrogens (tertiary/aromatic N) is 2. The van der Waals surface area contributed by atoms with Gasteiger partial charge < -0.3 is 4.90 Å². The highest BCUT2D eigenvalue weighted by atomic mass is 127. The predicted octanol–water partition coefficient (Wildman–Crippen LogP) is 8.89. The molecule has 0 N–H and O–H groups in total. The number of halogens is 1. The monoisotopic (exact) mass is 504 g/mol. The Morgan fingerprint density at radius 1 is 0.714 bits per heavy atom. The molecule has 0 aliphatic carbocycles. The van der Waals surface area contributed by atoms with Crippen LogP contribution in [0.5, 0.6) is 0 Å². The summed E-state index contributed by atoms with van der Waals surface area (Å²) in [5, 5.41) is 0. The molecule has 0 saturated heterocycles. The van der Waals surface area contributed by atoms with Crippen molar-refractivity contribution in [2.45, 2.75) is 136 Å². The third-order valence-corrected chi connectivity index (χ3v) is 5.98. The molecule has 0 aromatic carbocycles. The summed E-state index contributed by atoms with van der Waals surface area (Å²) in [7, 11) is 0. The fraction of sp³-hybridized carbons (Fsp3) is 0.880. The van der Waals surface area contributed by atoms with Crippen molar-refractivity contribution in [3.8, 4) is 0 Å². The Bertz CT molecular complexity index is 417. The molecule has 0 fully saturated rings. The first-order chi connectivity index (χ1) is 13.1. The molecule has 1 heterocycles. The summed E-state index contributed by atoms with van der Waals surface area (Å²) in [6.07, 6.45) is 25.2. The maximum absolute atomic E-state index is 4.61. The van der Waals surface area contributed by atoms with Crippen LogP contribution in [0.15, 0.2) is 16.8 Å². The van der Waals surface area contributed by atoms with E-state index in [4.69, 9.17) is 0 Å². The lowest BCUT2D eigenvalue weighted by Gasteiger charge is -2.32. The first kappa shape index (κ1) is 27.9. The molecule has 0 spiro atoms. The van der Waals surface area contributed by atoms with Gasteiger partial charge in [0.05, 0.1) is 0 Å². The van der Waals surface area contributed by atoms with Gasteiger partial charge in [-0.05, 0) is 33.3 Å². The van der Waals surface area contributed by atoms with Crippen LogP contribution in [0.2, 0.25) is 0 Å². The zero-order valence-corrected chi connectivity index (χ0v) is 21.8. The van der Waals surface area contributed by atoms with Gasteiger partial charge in [-0.3, -0.25) is 0 Å². The lowest BCUT2D eigenvalue weighted by atomic mass is 10.0. The number of hydrogen-bond acceptors (Lipinski definition) is 2. The Kier molecular flexibility index (Phi) is 18.9. The maximum Gasteiger partial charge on any atom is 0.102 e. The molecule has 1 unspecified atom stereocenters. The van der Waals surface area contributed by atoms with E-state index in [-0.39, 0.29) is 24.0 Å². The zero-order valence-electron chi connectivity index (χ0n) is 19.5. The van der Waals surface area contributed by atoms with Gasteiger partial charge in [0.25, 0.3) is 0 Å². The van der Waals surface area contributed by atoms with Crippen LogP contribution in [0.25, 0.3) is 0 Å². The molecule has 0 saturated carbocycles. The van der Waals surface area contributed by atoms with Crippen molar-refractivity contribution in [3.05, 3.63) is 11.8 Å². The van der Waals surface area contributed by atoms with E-state index >= 15 is 0 Å². The van der Waals surface area contributed by atoms with Crippen LogP contribution in [0.3, 0.4) is 0 Å². The molecule has 1 aliphatic rings. The third-order valence-electron chi connectivity index (χ3n) is 5.98. The molecule has 0 amide bonds. The Morgan fingerprint density at radius 2 is 1.11 bits per heavy atom. The van der Waals surface area contributed by atoms with Gasteiger partial charge in [0.1, 0.15) is 5.84 Å². The molecule has 1 aliphatic heterocycles. The van der Waals surface area contributed by atoms with E-state index in [1.54, 1.807) is 0 Å². The number of hydrogen-bond donors (Lipinski definition) is 0.